The second-order valence-electron chi connectivity index (χ2n) is 16.0. The van der Waals surface area contributed by atoms with Crippen molar-refractivity contribution in [1.29, 1.82) is 0 Å². The standard InChI is InChI=1S/C39H66O20/c1-19(14-12-10-8-6-4-3-5-7-9-11-13-15-21-25(35(50)51)20(2)36(52)54-21)53-38-33(30(47)27(44)23(17-41)56-38)59-39-34(31(48)28(45)24(18-42)57-39)58-37-32(49)29(46)26(43)22(16-40)55-37/h19,21-34,37-49H,2-18H2,1H3,(H,50,51)/t19-,21-,22?,23?,24?,25+,26?,27?,28?,29?,30?,31?,32?,33?,34?,37?,38?,39?/m0/s1. The molecule has 0 aromatic rings. The lowest BCUT2D eigenvalue weighted by atomic mass is 9.93. The molecule has 0 saturated carbocycles. The van der Waals surface area contributed by atoms with Crippen molar-refractivity contribution < 1.29 is 98.9 Å². The van der Waals surface area contributed by atoms with Gasteiger partial charge in [-0.15, -0.1) is 0 Å². The van der Waals surface area contributed by atoms with Crippen LogP contribution in [0.5, 0.6) is 0 Å². The van der Waals surface area contributed by atoms with E-state index in [2.05, 4.69) is 6.58 Å². The number of cyclic esters (lactones) is 1. The Morgan fingerprint density at radius 2 is 1.02 bits per heavy atom. The van der Waals surface area contributed by atoms with Gasteiger partial charge in [-0.3, -0.25) is 4.79 Å². The van der Waals surface area contributed by atoms with Crippen molar-refractivity contribution in [2.24, 2.45) is 5.92 Å². The van der Waals surface area contributed by atoms with Crippen LogP contribution in [0.3, 0.4) is 0 Å². The molecule has 0 spiro atoms. The van der Waals surface area contributed by atoms with Crippen molar-refractivity contribution >= 4 is 11.9 Å². The maximum Gasteiger partial charge on any atom is 0.334 e. The van der Waals surface area contributed by atoms with Gasteiger partial charge in [0.1, 0.15) is 85.3 Å². The third-order valence-corrected chi connectivity index (χ3v) is 11.6. The highest BCUT2D eigenvalue weighted by Gasteiger charge is 2.54. The van der Waals surface area contributed by atoms with Gasteiger partial charge in [-0.05, 0) is 26.2 Å². The van der Waals surface area contributed by atoms with Crippen LogP contribution in [0, 0.1) is 5.92 Å². The Morgan fingerprint density at radius 3 is 1.53 bits per heavy atom. The minimum Gasteiger partial charge on any atom is -0.481 e. The Kier molecular flexibility index (Phi) is 20.2. The summed E-state index contributed by atoms with van der Waals surface area (Å²) in [6, 6.07) is 0. The number of aliphatic hydroxyl groups excluding tert-OH is 10. The number of carboxylic acid groups (broad SMARTS) is 1. The van der Waals surface area contributed by atoms with Gasteiger partial charge >= 0.3 is 11.9 Å². The molecule has 342 valence electrons. The van der Waals surface area contributed by atoms with Crippen LogP contribution in [-0.4, -0.2) is 192 Å². The van der Waals surface area contributed by atoms with Crippen LogP contribution in [0.1, 0.15) is 90.4 Å². The zero-order chi connectivity index (χ0) is 43.4. The molecule has 18 atom stereocenters. The van der Waals surface area contributed by atoms with E-state index in [4.69, 9.17) is 33.2 Å². The summed E-state index contributed by atoms with van der Waals surface area (Å²) >= 11 is 0. The zero-order valence-corrected chi connectivity index (χ0v) is 33.5. The fourth-order valence-corrected chi connectivity index (χ4v) is 7.94. The molecular weight excluding hydrogens is 788 g/mol. The van der Waals surface area contributed by atoms with Crippen molar-refractivity contribution in [1.82, 2.24) is 0 Å². The van der Waals surface area contributed by atoms with E-state index in [1.54, 1.807) is 6.92 Å². The Morgan fingerprint density at radius 1 is 0.593 bits per heavy atom. The highest BCUT2D eigenvalue weighted by Crippen LogP contribution is 2.34. The molecule has 4 rings (SSSR count). The van der Waals surface area contributed by atoms with E-state index in [0.717, 1.165) is 70.6 Å². The van der Waals surface area contributed by atoms with Crippen molar-refractivity contribution in [3.8, 4) is 0 Å². The van der Waals surface area contributed by atoms with Gasteiger partial charge in [0.05, 0.1) is 25.9 Å². The number of carboxylic acids is 1. The van der Waals surface area contributed by atoms with Crippen LogP contribution >= 0.6 is 0 Å². The first-order chi connectivity index (χ1) is 28.1. The molecule has 11 N–H and O–H groups in total. The van der Waals surface area contributed by atoms with Crippen molar-refractivity contribution in [2.75, 3.05) is 19.8 Å². The van der Waals surface area contributed by atoms with Crippen LogP contribution in [-0.2, 0) is 42.7 Å². The lowest BCUT2D eigenvalue weighted by Gasteiger charge is -2.48. The summed E-state index contributed by atoms with van der Waals surface area (Å²) in [6.45, 7) is 3.08. The van der Waals surface area contributed by atoms with E-state index in [-0.39, 0.29) is 5.57 Å². The lowest BCUT2D eigenvalue weighted by molar-refractivity contribution is -0.395. The third kappa shape index (κ3) is 13.0. The van der Waals surface area contributed by atoms with E-state index in [1.165, 1.54) is 0 Å². The largest absolute Gasteiger partial charge is 0.481 e. The molecule has 4 fully saturated rings. The summed E-state index contributed by atoms with van der Waals surface area (Å²) in [7, 11) is 0. The maximum atomic E-state index is 11.7. The predicted molar refractivity (Wildman–Crippen MR) is 200 cm³/mol. The van der Waals surface area contributed by atoms with Gasteiger partial charge < -0.3 is 89.3 Å². The average Bonchev–Trinajstić information content (AvgIpc) is 3.50. The number of aliphatic hydroxyl groups is 10. The van der Waals surface area contributed by atoms with Gasteiger partial charge in [0.25, 0.3) is 0 Å². The SMILES string of the molecule is C=C1C(=O)O[C@@H](CCCCCCCCCCCCC[C@H](C)OC2OC(CO)C(O)C(O)C2OC2OC(CO)C(O)C(O)C2OC2OC(CO)C(O)C(O)C2O)[C@@H]1C(=O)O. The number of hydrogen-bond donors (Lipinski definition) is 11. The highest BCUT2D eigenvalue weighted by molar-refractivity contribution is 5.97. The number of esters is 1. The number of aliphatic carboxylic acids is 1. The number of hydrogen-bond acceptors (Lipinski definition) is 19. The van der Waals surface area contributed by atoms with E-state index in [1.807, 2.05) is 0 Å². The second-order valence-corrected chi connectivity index (χ2v) is 16.0. The molecule has 20 nitrogen and oxygen atoms in total. The molecule has 4 heterocycles. The van der Waals surface area contributed by atoms with Crippen molar-refractivity contribution in [2.45, 2.75) is 195 Å². The second kappa shape index (κ2) is 24.0. The minimum absolute atomic E-state index is 0.0101. The fourth-order valence-electron chi connectivity index (χ4n) is 7.94. The lowest BCUT2D eigenvalue weighted by Crippen LogP contribution is -2.67. The van der Waals surface area contributed by atoms with Crippen LogP contribution in [0.25, 0.3) is 0 Å². The van der Waals surface area contributed by atoms with Crippen molar-refractivity contribution in [3.05, 3.63) is 12.2 Å². The van der Waals surface area contributed by atoms with E-state index in [0.29, 0.717) is 12.8 Å². The van der Waals surface area contributed by atoms with E-state index >= 15 is 0 Å². The molecule has 4 saturated heterocycles. The molecule has 15 unspecified atom stereocenters. The quantitative estimate of drug-likeness (QED) is 0.0287. The number of rotatable bonds is 24. The number of unbranched alkanes of at least 4 members (excludes halogenated alkanes) is 10. The van der Waals surface area contributed by atoms with Gasteiger partial charge in [0, 0.05) is 5.57 Å². The Bertz CT molecular complexity index is 1290. The molecule has 4 aliphatic heterocycles. The predicted octanol–water partition coefficient (Wildman–Crippen LogP) is -1.91. The summed E-state index contributed by atoms with van der Waals surface area (Å²) in [6.07, 6.45) is -14.1. The van der Waals surface area contributed by atoms with E-state index < -0.39 is 142 Å². The van der Waals surface area contributed by atoms with Crippen LogP contribution in [0.2, 0.25) is 0 Å². The third-order valence-electron chi connectivity index (χ3n) is 11.6. The van der Waals surface area contributed by atoms with Crippen LogP contribution < -0.4 is 0 Å². The molecule has 0 aliphatic carbocycles. The zero-order valence-electron chi connectivity index (χ0n) is 33.5. The molecule has 59 heavy (non-hydrogen) atoms. The molecule has 0 aromatic heterocycles. The summed E-state index contributed by atoms with van der Waals surface area (Å²) in [5.74, 6) is -2.68. The monoisotopic (exact) mass is 854 g/mol. The molecule has 4 aliphatic rings. The molecule has 20 heteroatoms. The van der Waals surface area contributed by atoms with E-state index in [9.17, 15) is 65.8 Å². The Hall–Kier alpha value is -1.96. The highest BCUT2D eigenvalue weighted by atomic mass is 16.8. The summed E-state index contributed by atoms with van der Waals surface area (Å²) in [4.78, 5) is 23.1. The first-order valence-corrected chi connectivity index (χ1v) is 20.8. The number of carbonyl (C=O) groups is 2. The minimum atomic E-state index is -1.90. The Balaban J connectivity index is 1.21. The average molecular weight is 855 g/mol. The molecule has 0 bridgehead atoms. The first-order valence-electron chi connectivity index (χ1n) is 20.8. The molecular formula is C39H66O20. The van der Waals surface area contributed by atoms with Crippen LogP contribution in [0.4, 0.5) is 0 Å². The molecule has 0 amide bonds. The summed E-state index contributed by atoms with van der Waals surface area (Å²) in [5, 5.41) is 113. The first kappa shape index (κ1) is 49.7. The smallest absolute Gasteiger partial charge is 0.334 e. The molecule has 0 aromatic carbocycles. The summed E-state index contributed by atoms with van der Waals surface area (Å²) in [5.41, 5.74) is 0.0101. The summed E-state index contributed by atoms with van der Waals surface area (Å²) < 4.78 is 39.9. The fraction of sp³-hybridized carbons (Fsp3) is 0.897. The maximum absolute atomic E-state index is 11.7. The molecule has 0 radical (unpaired) electrons. The van der Waals surface area contributed by atoms with Gasteiger partial charge in [-0.1, -0.05) is 70.8 Å². The van der Waals surface area contributed by atoms with Gasteiger partial charge in [0.15, 0.2) is 18.9 Å². The Labute approximate surface area is 343 Å². The topological polar surface area (TPSA) is 321 Å². The van der Waals surface area contributed by atoms with Gasteiger partial charge in [-0.25, -0.2) is 4.79 Å². The van der Waals surface area contributed by atoms with Crippen molar-refractivity contribution in [3.63, 3.8) is 0 Å². The van der Waals surface area contributed by atoms with Crippen LogP contribution in [0.15, 0.2) is 12.2 Å². The normalized spacial score (nSPS) is 39.6. The number of carbonyl (C=O) groups excluding carboxylic acids is 1. The van der Waals surface area contributed by atoms with Gasteiger partial charge in [-0.2, -0.15) is 0 Å². The number of ether oxygens (including phenoxy) is 7. The van der Waals surface area contributed by atoms with Gasteiger partial charge in [0.2, 0.25) is 0 Å².